The normalized spacial score (nSPS) is 27.0. The Morgan fingerprint density at radius 3 is 2.80 bits per heavy atom. The summed E-state index contributed by atoms with van der Waals surface area (Å²) in [6.07, 6.45) is 5.22. The second-order valence-corrected chi connectivity index (χ2v) is 6.39. The molecule has 118 valence electrons. The molecule has 2 fully saturated rings. The first kappa shape index (κ1) is 16.2. The van der Waals surface area contributed by atoms with Gasteiger partial charge in [0.25, 0.3) is 0 Å². The highest BCUT2D eigenvalue weighted by Gasteiger charge is 2.28. The second kappa shape index (κ2) is 8.98. The van der Waals surface area contributed by atoms with Crippen molar-refractivity contribution in [3.05, 3.63) is 0 Å². The van der Waals surface area contributed by atoms with Crippen molar-refractivity contribution in [1.82, 2.24) is 15.1 Å². The predicted molar refractivity (Wildman–Crippen MR) is 84.2 cm³/mol. The Kier molecular flexibility index (Phi) is 7.28. The van der Waals surface area contributed by atoms with E-state index in [-0.39, 0.29) is 0 Å². The Morgan fingerprint density at radius 1 is 1.25 bits per heavy atom. The predicted octanol–water partition coefficient (Wildman–Crippen LogP) is 1.56. The van der Waals surface area contributed by atoms with E-state index in [1.165, 1.54) is 45.3 Å². The molecular formula is C16H33N3O. The summed E-state index contributed by atoms with van der Waals surface area (Å²) in [5, 5.41) is 3.58. The number of nitrogens with zero attached hydrogens (tertiary/aromatic N) is 2. The van der Waals surface area contributed by atoms with E-state index in [0.29, 0.717) is 6.04 Å². The largest absolute Gasteiger partial charge is 0.379 e. The molecule has 2 unspecified atom stereocenters. The van der Waals surface area contributed by atoms with Crippen molar-refractivity contribution >= 4 is 0 Å². The minimum atomic E-state index is 0.674. The summed E-state index contributed by atoms with van der Waals surface area (Å²) in [6.45, 7) is 13.7. The quantitative estimate of drug-likeness (QED) is 0.732. The number of nitrogens with one attached hydrogen (secondary N) is 1. The van der Waals surface area contributed by atoms with Crippen LogP contribution in [-0.2, 0) is 4.74 Å². The number of hydrogen-bond donors (Lipinski definition) is 1. The average molecular weight is 283 g/mol. The number of morpholine rings is 1. The standard InChI is InChI=1S/C16H33N3O/c1-3-7-17-15(2)5-4-8-18-9-6-16(14-18)19-10-12-20-13-11-19/h15-17H,3-14H2,1-2H3. The zero-order valence-corrected chi connectivity index (χ0v) is 13.4. The van der Waals surface area contributed by atoms with Crippen LogP contribution in [0.3, 0.4) is 0 Å². The topological polar surface area (TPSA) is 27.7 Å². The first-order chi connectivity index (χ1) is 9.79. The minimum Gasteiger partial charge on any atom is -0.379 e. The fourth-order valence-corrected chi connectivity index (χ4v) is 3.37. The third kappa shape index (κ3) is 5.32. The highest BCUT2D eigenvalue weighted by atomic mass is 16.5. The Hall–Kier alpha value is -0.160. The highest BCUT2D eigenvalue weighted by Crippen LogP contribution is 2.17. The molecule has 1 N–H and O–H groups in total. The van der Waals surface area contributed by atoms with E-state index in [1.54, 1.807) is 0 Å². The van der Waals surface area contributed by atoms with E-state index in [1.807, 2.05) is 0 Å². The van der Waals surface area contributed by atoms with Gasteiger partial charge in [0, 0.05) is 31.7 Å². The summed E-state index contributed by atoms with van der Waals surface area (Å²) in [7, 11) is 0. The Labute approximate surface area is 124 Å². The second-order valence-electron chi connectivity index (χ2n) is 6.39. The van der Waals surface area contributed by atoms with Gasteiger partial charge in [-0.15, -0.1) is 0 Å². The van der Waals surface area contributed by atoms with E-state index in [9.17, 15) is 0 Å². The van der Waals surface area contributed by atoms with E-state index < -0.39 is 0 Å². The fraction of sp³-hybridized carbons (Fsp3) is 1.00. The molecular weight excluding hydrogens is 250 g/mol. The maximum absolute atomic E-state index is 5.45. The van der Waals surface area contributed by atoms with Crippen molar-refractivity contribution in [3.63, 3.8) is 0 Å². The van der Waals surface area contributed by atoms with Gasteiger partial charge in [-0.25, -0.2) is 0 Å². The first-order valence-corrected chi connectivity index (χ1v) is 8.57. The lowest BCUT2D eigenvalue weighted by atomic mass is 10.1. The van der Waals surface area contributed by atoms with Gasteiger partial charge in [-0.05, 0) is 52.2 Å². The molecule has 2 rings (SSSR count). The van der Waals surface area contributed by atoms with E-state index in [2.05, 4.69) is 29.0 Å². The summed E-state index contributed by atoms with van der Waals surface area (Å²) in [4.78, 5) is 5.29. The smallest absolute Gasteiger partial charge is 0.0594 e. The summed E-state index contributed by atoms with van der Waals surface area (Å²) < 4.78 is 5.45. The minimum absolute atomic E-state index is 0.674. The number of likely N-dealkylation sites (tertiary alicyclic amines) is 1. The van der Waals surface area contributed by atoms with E-state index in [4.69, 9.17) is 4.74 Å². The molecule has 0 bridgehead atoms. The van der Waals surface area contributed by atoms with Crippen molar-refractivity contribution in [1.29, 1.82) is 0 Å². The highest BCUT2D eigenvalue weighted by molar-refractivity contribution is 4.84. The zero-order chi connectivity index (χ0) is 14.2. The van der Waals surface area contributed by atoms with Gasteiger partial charge in [-0.3, -0.25) is 4.90 Å². The van der Waals surface area contributed by atoms with Crippen molar-refractivity contribution in [2.24, 2.45) is 0 Å². The zero-order valence-electron chi connectivity index (χ0n) is 13.4. The summed E-state index contributed by atoms with van der Waals surface area (Å²) in [5.74, 6) is 0. The Balaban J connectivity index is 1.56. The molecule has 2 heterocycles. The van der Waals surface area contributed by atoms with Crippen molar-refractivity contribution < 1.29 is 4.74 Å². The number of ether oxygens (including phenoxy) is 1. The van der Waals surface area contributed by atoms with Crippen LogP contribution in [0.1, 0.15) is 39.5 Å². The molecule has 0 aliphatic carbocycles. The third-order valence-corrected chi connectivity index (χ3v) is 4.66. The van der Waals surface area contributed by atoms with Crippen LogP contribution in [0.25, 0.3) is 0 Å². The van der Waals surface area contributed by atoms with Crippen molar-refractivity contribution in [3.8, 4) is 0 Å². The van der Waals surface area contributed by atoms with Gasteiger partial charge in [0.05, 0.1) is 13.2 Å². The fourth-order valence-electron chi connectivity index (χ4n) is 3.37. The Morgan fingerprint density at radius 2 is 2.05 bits per heavy atom. The lowest BCUT2D eigenvalue weighted by molar-refractivity contribution is 0.0185. The molecule has 0 aromatic carbocycles. The molecule has 2 aliphatic rings. The van der Waals surface area contributed by atoms with E-state index in [0.717, 1.165) is 38.9 Å². The number of hydrogen-bond acceptors (Lipinski definition) is 4. The lowest BCUT2D eigenvalue weighted by Crippen LogP contribution is -2.44. The molecule has 2 saturated heterocycles. The third-order valence-electron chi connectivity index (χ3n) is 4.66. The molecule has 0 aromatic heterocycles. The molecule has 2 atom stereocenters. The van der Waals surface area contributed by atoms with Crippen LogP contribution in [0, 0.1) is 0 Å². The van der Waals surface area contributed by atoms with Crippen LogP contribution < -0.4 is 5.32 Å². The molecule has 4 heteroatoms. The van der Waals surface area contributed by atoms with Crippen LogP contribution in [0.4, 0.5) is 0 Å². The van der Waals surface area contributed by atoms with Crippen molar-refractivity contribution in [2.75, 3.05) is 52.5 Å². The molecule has 0 saturated carbocycles. The van der Waals surface area contributed by atoms with Gasteiger partial charge < -0.3 is 15.0 Å². The van der Waals surface area contributed by atoms with Crippen LogP contribution in [-0.4, -0.2) is 74.4 Å². The van der Waals surface area contributed by atoms with Gasteiger partial charge in [0.15, 0.2) is 0 Å². The van der Waals surface area contributed by atoms with Crippen LogP contribution in [0.2, 0.25) is 0 Å². The van der Waals surface area contributed by atoms with E-state index >= 15 is 0 Å². The van der Waals surface area contributed by atoms with Crippen molar-refractivity contribution in [2.45, 2.75) is 51.6 Å². The average Bonchev–Trinajstić information content (AvgIpc) is 2.95. The maximum atomic E-state index is 5.45. The summed E-state index contributed by atoms with van der Waals surface area (Å²) >= 11 is 0. The monoisotopic (exact) mass is 283 g/mol. The van der Waals surface area contributed by atoms with Crippen LogP contribution in [0.15, 0.2) is 0 Å². The summed E-state index contributed by atoms with van der Waals surface area (Å²) in [6, 6.07) is 1.46. The molecule has 4 nitrogen and oxygen atoms in total. The van der Waals surface area contributed by atoms with Crippen LogP contribution in [0.5, 0.6) is 0 Å². The van der Waals surface area contributed by atoms with Gasteiger partial charge in [-0.2, -0.15) is 0 Å². The van der Waals surface area contributed by atoms with Gasteiger partial charge >= 0.3 is 0 Å². The summed E-state index contributed by atoms with van der Waals surface area (Å²) in [5.41, 5.74) is 0. The lowest BCUT2D eigenvalue weighted by Gasteiger charge is -2.32. The molecule has 0 aromatic rings. The SMILES string of the molecule is CCCNC(C)CCCN1CCC(N2CCOCC2)C1. The maximum Gasteiger partial charge on any atom is 0.0594 e. The molecule has 20 heavy (non-hydrogen) atoms. The molecule has 2 aliphatic heterocycles. The molecule has 0 amide bonds. The van der Waals surface area contributed by atoms with Gasteiger partial charge in [0.2, 0.25) is 0 Å². The molecule has 0 spiro atoms. The Bertz CT molecular complexity index is 256. The molecule has 0 radical (unpaired) electrons. The van der Waals surface area contributed by atoms with Gasteiger partial charge in [0.1, 0.15) is 0 Å². The number of rotatable bonds is 8. The van der Waals surface area contributed by atoms with Crippen LogP contribution >= 0.6 is 0 Å². The first-order valence-electron chi connectivity index (χ1n) is 8.57. The van der Waals surface area contributed by atoms with Gasteiger partial charge in [-0.1, -0.05) is 6.92 Å².